The second kappa shape index (κ2) is 3.89. The maximum atomic E-state index is 12.1. The Hall–Kier alpha value is -0.730. The molecule has 4 rings (SSSR count). The minimum absolute atomic E-state index is 0.193. The second-order valence-electron chi connectivity index (χ2n) is 6.64. The van der Waals surface area contributed by atoms with Crippen LogP contribution in [0.15, 0.2) is 0 Å². The highest BCUT2D eigenvalue weighted by atomic mass is 16.2. The largest absolute Gasteiger partial charge is 0.335 e. The van der Waals surface area contributed by atoms with Crippen LogP contribution in [-0.2, 0) is 0 Å². The fourth-order valence-corrected chi connectivity index (χ4v) is 4.09. The summed E-state index contributed by atoms with van der Waals surface area (Å²) >= 11 is 0. The lowest BCUT2D eigenvalue weighted by molar-refractivity contribution is 0.0806. The van der Waals surface area contributed by atoms with Crippen molar-refractivity contribution in [2.45, 2.75) is 52.0 Å². The number of rotatable bonds is 2. The minimum Gasteiger partial charge on any atom is -0.335 e. The van der Waals surface area contributed by atoms with Crippen LogP contribution >= 0.6 is 0 Å². The highest BCUT2D eigenvalue weighted by Crippen LogP contribution is 2.62. The molecule has 1 heterocycles. The Morgan fingerprint density at radius 1 is 1.24 bits per heavy atom. The smallest absolute Gasteiger partial charge is 0.317 e. The van der Waals surface area contributed by atoms with Crippen LogP contribution in [0.3, 0.4) is 0 Å². The lowest BCUT2D eigenvalue weighted by Crippen LogP contribution is -2.44. The lowest BCUT2D eigenvalue weighted by atomic mass is 9.63. The van der Waals surface area contributed by atoms with Crippen LogP contribution in [0.4, 0.5) is 4.79 Å². The summed E-state index contributed by atoms with van der Waals surface area (Å²) in [6.45, 7) is 6.58. The van der Waals surface area contributed by atoms with E-state index in [0.717, 1.165) is 24.9 Å². The van der Waals surface area contributed by atoms with Gasteiger partial charge in [0, 0.05) is 19.1 Å². The molecule has 2 amide bonds. The first-order valence-corrected chi connectivity index (χ1v) is 7.16. The van der Waals surface area contributed by atoms with Crippen molar-refractivity contribution < 1.29 is 4.79 Å². The van der Waals surface area contributed by atoms with E-state index < -0.39 is 0 Å². The average Bonchev–Trinajstić information content (AvgIpc) is 2.88. The average molecular weight is 236 g/mol. The molecule has 1 atom stereocenters. The third-order valence-electron chi connectivity index (χ3n) is 5.46. The quantitative estimate of drug-likeness (QED) is 0.785. The van der Waals surface area contributed by atoms with E-state index in [1.54, 1.807) is 0 Å². The molecule has 1 N–H and O–H groups in total. The molecule has 1 aliphatic heterocycles. The van der Waals surface area contributed by atoms with Gasteiger partial charge in [-0.15, -0.1) is 0 Å². The number of nitrogens with zero attached hydrogens (tertiary/aromatic N) is 1. The van der Waals surface area contributed by atoms with E-state index in [-0.39, 0.29) is 6.03 Å². The molecule has 4 fully saturated rings. The number of carbonyl (C=O) groups is 1. The van der Waals surface area contributed by atoms with Gasteiger partial charge in [-0.1, -0.05) is 13.8 Å². The van der Waals surface area contributed by atoms with Gasteiger partial charge in [0.1, 0.15) is 0 Å². The van der Waals surface area contributed by atoms with E-state index in [9.17, 15) is 4.79 Å². The number of hydrogen-bond donors (Lipinski definition) is 1. The Labute approximate surface area is 104 Å². The van der Waals surface area contributed by atoms with Crippen molar-refractivity contribution in [3.63, 3.8) is 0 Å². The summed E-state index contributed by atoms with van der Waals surface area (Å²) in [5, 5.41) is 3.28. The maximum Gasteiger partial charge on any atom is 0.317 e. The number of nitrogens with one attached hydrogen (secondary N) is 1. The molecule has 3 nitrogen and oxygen atoms in total. The van der Waals surface area contributed by atoms with Crippen molar-refractivity contribution in [2.24, 2.45) is 17.3 Å². The summed E-state index contributed by atoms with van der Waals surface area (Å²) in [6, 6.07) is 0.657. The van der Waals surface area contributed by atoms with E-state index in [4.69, 9.17) is 0 Å². The topological polar surface area (TPSA) is 32.3 Å². The van der Waals surface area contributed by atoms with Gasteiger partial charge in [0.25, 0.3) is 0 Å². The number of likely N-dealkylation sites (tertiary alicyclic amines) is 1. The number of urea groups is 1. The van der Waals surface area contributed by atoms with Crippen molar-refractivity contribution >= 4 is 6.03 Å². The van der Waals surface area contributed by atoms with E-state index in [1.165, 1.54) is 32.1 Å². The van der Waals surface area contributed by atoms with Crippen LogP contribution in [0.5, 0.6) is 0 Å². The first-order valence-electron chi connectivity index (χ1n) is 7.16. The zero-order valence-corrected chi connectivity index (χ0v) is 11.0. The summed E-state index contributed by atoms with van der Waals surface area (Å²) in [5.41, 5.74) is 0.563. The first kappa shape index (κ1) is 11.4. The Morgan fingerprint density at radius 2 is 1.88 bits per heavy atom. The highest BCUT2D eigenvalue weighted by molar-refractivity contribution is 5.75. The van der Waals surface area contributed by atoms with E-state index in [1.807, 2.05) is 4.90 Å². The number of carbonyl (C=O) groups excluding carboxylic acids is 1. The lowest BCUT2D eigenvalue weighted by Gasteiger charge is -2.42. The van der Waals surface area contributed by atoms with Gasteiger partial charge in [-0.25, -0.2) is 4.79 Å². The van der Waals surface area contributed by atoms with Gasteiger partial charge >= 0.3 is 6.03 Å². The number of fused-ring (bicyclic) bond motifs is 1. The Kier molecular flexibility index (Phi) is 2.60. The maximum absolute atomic E-state index is 12.1. The molecular formula is C14H24N2O. The summed E-state index contributed by atoms with van der Waals surface area (Å²) in [4.78, 5) is 14.0. The molecule has 17 heavy (non-hydrogen) atoms. The second-order valence-corrected chi connectivity index (χ2v) is 6.64. The highest BCUT2D eigenvalue weighted by Gasteiger charge is 2.57. The number of hydrogen-bond acceptors (Lipinski definition) is 1. The van der Waals surface area contributed by atoms with Crippen molar-refractivity contribution in [1.29, 1.82) is 0 Å². The van der Waals surface area contributed by atoms with Gasteiger partial charge in [-0.05, 0) is 49.4 Å². The molecule has 2 bridgehead atoms. The van der Waals surface area contributed by atoms with Gasteiger partial charge in [0.05, 0.1) is 0 Å². The molecule has 4 aliphatic rings. The monoisotopic (exact) mass is 236 g/mol. The fraction of sp³-hybridized carbons (Fsp3) is 0.929. The van der Waals surface area contributed by atoms with E-state index in [0.29, 0.717) is 11.5 Å². The Bertz CT molecular complexity index is 314. The molecule has 3 aliphatic carbocycles. The minimum atomic E-state index is 0.193. The van der Waals surface area contributed by atoms with Gasteiger partial charge in [-0.2, -0.15) is 0 Å². The van der Waals surface area contributed by atoms with Crippen LogP contribution < -0.4 is 5.32 Å². The molecule has 0 spiro atoms. The van der Waals surface area contributed by atoms with Crippen LogP contribution in [0.25, 0.3) is 0 Å². The predicted octanol–water partition coefficient (Wildman–Crippen LogP) is 2.62. The molecule has 0 aromatic rings. The van der Waals surface area contributed by atoms with Crippen molar-refractivity contribution in [3.8, 4) is 0 Å². The molecule has 1 unspecified atom stereocenters. The third-order valence-corrected chi connectivity index (χ3v) is 5.46. The SMILES string of the molecule is CC(C)C12CC(C1)C(NC(=O)N1CCCC1)C2. The zero-order chi connectivity index (χ0) is 12.0. The van der Waals surface area contributed by atoms with Gasteiger partial charge in [-0.3, -0.25) is 0 Å². The molecule has 0 radical (unpaired) electrons. The summed E-state index contributed by atoms with van der Waals surface area (Å²) in [5.74, 6) is 1.54. The zero-order valence-electron chi connectivity index (χ0n) is 11.0. The Balaban J connectivity index is 1.56. The summed E-state index contributed by atoms with van der Waals surface area (Å²) < 4.78 is 0. The third kappa shape index (κ3) is 1.74. The predicted molar refractivity (Wildman–Crippen MR) is 67.7 cm³/mol. The molecule has 96 valence electrons. The normalized spacial score (nSPS) is 39.6. The van der Waals surface area contributed by atoms with Crippen molar-refractivity contribution in [1.82, 2.24) is 10.2 Å². The summed E-state index contributed by atoms with van der Waals surface area (Å²) in [7, 11) is 0. The molecule has 3 saturated carbocycles. The van der Waals surface area contributed by atoms with Crippen LogP contribution in [0, 0.1) is 17.3 Å². The van der Waals surface area contributed by atoms with E-state index in [2.05, 4.69) is 19.2 Å². The van der Waals surface area contributed by atoms with Crippen LogP contribution in [0.1, 0.15) is 46.0 Å². The number of amides is 2. The molecule has 0 aromatic heterocycles. The van der Waals surface area contributed by atoms with E-state index >= 15 is 0 Å². The molecule has 0 aromatic carbocycles. The van der Waals surface area contributed by atoms with Crippen molar-refractivity contribution in [2.75, 3.05) is 13.1 Å². The van der Waals surface area contributed by atoms with Crippen molar-refractivity contribution in [3.05, 3.63) is 0 Å². The van der Waals surface area contributed by atoms with Gasteiger partial charge in [0.2, 0.25) is 0 Å². The van der Waals surface area contributed by atoms with Gasteiger partial charge in [0.15, 0.2) is 0 Å². The fourth-order valence-electron chi connectivity index (χ4n) is 4.09. The van der Waals surface area contributed by atoms with Crippen LogP contribution in [0.2, 0.25) is 0 Å². The first-order chi connectivity index (χ1) is 8.11. The molecular weight excluding hydrogens is 212 g/mol. The molecule has 3 heteroatoms. The summed E-state index contributed by atoms with van der Waals surface area (Å²) in [6.07, 6.45) is 6.26. The van der Waals surface area contributed by atoms with Gasteiger partial charge < -0.3 is 10.2 Å². The Morgan fingerprint density at radius 3 is 2.41 bits per heavy atom. The molecule has 1 saturated heterocycles. The van der Waals surface area contributed by atoms with Crippen LogP contribution in [-0.4, -0.2) is 30.1 Å². The standard InChI is InChI=1S/C14H24N2O/c1-10(2)14-7-11(8-14)12(9-14)15-13(17)16-5-3-4-6-16/h10-12H,3-9H2,1-2H3,(H,15,17).